The SMILES string of the molecule is CC(C)(C)c1ccc(C[C@@H](O)C(=O)OCc2ccccc2)cc1.CN(C(=O)OC(C)(C)C)[C@@H](CC(C)(C)F)C(=O)O.CN(C(=O)OC(C)(C)C)[C@@H](CC(C)(C)F)C(=O)O[C@H](Cc1ccc(C(C)(C)C)cc1)C(=O)OCc1ccccc1.[2HH].[2H][2H].[2H][2H].[2H][2H].[2H][2H].[2H][2H].[2H][2H].[2H][2H].[2H][2H].[2H][2H].[2H][2H].[2H][2H].[2H][2H].[2H][2H].[2H][2H].[2H][2H].[2H][2H].[2H][2H].[2H][2H].[2H][2H].[2H][2H].[2H][2H].[2H][2H]. The first-order chi connectivity index (χ1) is 59.0. The lowest BCUT2D eigenvalue weighted by Crippen LogP contribution is -2.49. The number of rotatable bonds is 19. The minimum absolute atomic E-state index is 0. The summed E-state index contributed by atoms with van der Waals surface area (Å²) < 4.78 is 275. The Morgan fingerprint density at radius 1 is 0.494 bits per heavy atom. The van der Waals surface area contributed by atoms with Crippen molar-refractivity contribution in [1.82, 2.24) is 9.80 Å². The van der Waals surface area contributed by atoms with Gasteiger partial charge in [-0.3, -0.25) is 9.80 Å². The third-order valence-corrected chi connectivity index (χ3v) is 11.9. The van der Waals surface area contributed by atoms with Crippen molar-refractivity contribution in [3.05, 3.63) is 143 Å². The van der Waals surface area contributed by atoms with Gasteiger partial charge in [0.1, 0.15) is 47.8 Å². The van der Waals surface area contributed by atoms with Gasteiger partial charge in [0, 0.05) is 107 Å². The molecule has 4 rings (SSSR count). The number of alkyl halides is 2. The number of hydrogen-bond acceptors (Lipinski definition) is 12. The smallest absolute Gasteiger partial charge is 0.410 e. The number of halogens is 2. The van der Waals surface area contributed by atoms with E-state index >= 15 is 0 Å². The summed E-state index contributed by atoms with van der Waals surface area (Å²) in [7, 11) is 2.64. The van der Waals surface area contributed by atoms with Gasteiger partial charge < -0.3 is 33.9 Å². The zero-order chi connectivity index (χ0) is 106. The van der Waals surface area contributed by atoms with Crippen LogP contribution in [-0.2, 0) is 79.7 Å². The Labute approximate surface area is 549 Å². The minimum Gasteiger partial charge on any atom is -0.480 e. The molecule has 2 N–H and O–H groups in total. The summed E-state index contributed by atoms with van der Waals surface area (Å²) in [5.41, 5.74) is 0.679. The molecule has 0 aliphatic carbocycles. The molecule has 0 bridgehead atoms. The van der Waals surface area contributed by atoms with Gasteiger partial charge in [0.25, 0.3) is 0 Å². The van der Waals surface area contributed by atoms with E-state index in [1.165, 1.54) is 47.4 Å². The molecule has 0 fully saturated rings. The standard InChI is InChI=1S/C32H44FNO6.C20H24O3.C12H22FNO4.23H2/c1-30(2,3)24-17-15-22(16-18-24)19-26(28(36)38-21-23-13-11-10-12-14-23)39-27(35)25(20-32(7,8)33)34(9)29(37)40-31(4,5)6;1-20(2,3)17-11-9-15(10-12-17)13-18(21)19(22)23-14-16-7-5-4-6-8-16;1-11(2,3)18-10(17)14(6)8(9(15)16)7-12(4,5)13;;;;;;;;;;;;;;;;;;;;;;;/h10-18,25-26H,19-21H2,1-9H3;4-12,18,21H,13-14H2,1-3H3;8H,7H2,1-6H3,(H,15,16);23*1H/t25-,26+;18-;8-;;;;;;;;;;;;;;;;;;;;;;;/m010......................./s1/i;;;22*1+1D;1+1. The number of aliphatic hydroxyl groups excluding tert-OH is 1. The van der Waals surface area contributed by atoms with E-state index in [1.54, 1.807) is 41.5 Å². The number of esters is 3. The fourth-order valence-corrected chi connectivity index (χ4v) is 7.45. The van der Waals surface area contributed by atoms with Crippen molar-refractivity contribution < 1.29 is 138 Å². The van der Waals surface area contributed by atoms with Crippen molar-refractivity contribution in [2.75, 3.05) is 14.1 Å². The van der Waals surface area contributed by atoms with Gasteiger partial charge >= 0.3 is 36.1 Å². The third kappa shape index (κ3) is 27.9. The number of benzene rings is 4. The molecule has 0 heterocycles. The van der Waals surface area contributed by atoms with Crippen LogP contribution in [-0.4, -0.2) is 117 Å². The van der Waals surface area contributed by atoms with E-state index in [2.05, 4.69) is 41.5 Å². The molecule has 0 aliphatic heterocycles. The highest BCUT2D eigenvalue weighted by Crippen LogP contribution is 2.27. The Balaban J connectivity index is -0.0000000543. The maximum Gasteiger partial charge on any atom is 0.410 e. The second kappa shape index (κ2) is 30.3. The summed E-state index contributed by atoms with van der Waals surface area (Å²) >= 11 is 0. The number of amides is 2. The fourth-order valence-electron chi connectivity index (χ4n) is 7.45. The molecular formula is C64H136F2N2O13. The second-order valence-electron chi connectivity index (χ2n) is 25.3. The van der Waals surface area contributed by atoms with E-state index in [4.69, 9.17) is 94.1 Å². The van der Waals surface area contributed by atoms with Gasteiger partial charge in [-0.15, -0.1) is 0 Å². The van der Waals surface area contributed by atoms with Crippen molar-refractivity contribution in [1.29, 1.82) is 0 Å². The number of nitrogens with zero attached hydrogens (tertiary/aromatic N) is 2. The van der Waals surface area contributed by atoms with Gasteiger partial charge in [-0.05, 0) is 113 Å². The summed E-state index contributed by atoms with van der Waals surface area (Å²) in [6.07, 6.45) is -4.37. The number of aliphatic hydroxyl groups is 1. The molecule has 2 amide bonds. The summed E-state index contributed by atoms with van der Waals surface area (Å²) in [5.74, 6) is -3.51. The molecule has 15 nitrogen and oxygen atoms in total. The van der Waals surface area contributed by atoms with Gasteiger partial charge in [-0.1, -0.05) is 151 Å². The Morgan fingerprint density at radius 2 is 0.840 bits per heavy atom. The van der Waals surface area contributed by atoms with Crippen LogP contribution in [0.5, 0.6) is 0 Å². The molecule has 81 heavy (non-hydrogen) atoms. The third-order valence-electron chi connectivity index (χ3n) is 11.9. The number of aliphatic carboxylic acids is 1. The number of hydrogen-bond donors (Lipinski definition) is 2. The summed E-state index contributed by atoms with van der Waals surface area (Å²) in [4.78, 5) is 76.0. The van der Waals surface area contributed by atoms with Crippen molar-refractivity contribution in [2.45, 2.75) is 207 Å². The highest BCUT2D eigenvalue weighted by molar-refractivity contribution is 5.85. The molecule has 4 aromatic carbocycles. The first kappa shape index (κ1) is 42.0. The number of carboxylic acid groups (broad SMARTS) is 1. The van der Waals surface area contributed by atoms with Crippen LogP contribution < -0.4 is 0 Å². The van der Waals surface area contributed by atoms with Crippen molar-refractivity contribution in [3.8, 4) is 0 Å². The quantitative estimate of drug-likeness (QED) is 0.0665. The number of ether oxygens (including phenoxy) is 5. The summed E-state index contributed by atoms with van der Waals surface area (Å²) in [5, 5.41) is 19.0. The zero-order valence-electron chi connectivity index (χ0n) is 95.0. The lowest BCUT2D eigenvalue weighted by Gasteiger charge is -2.32. The van der Waals surface area contributed by atoms with E-state index in [0.717, 1.165) is 37.6 Å². The average molecular weight is 1230 g/mol. The Kier molecular flexibility index (Phi) is 15.7. The topological polar surface area (TPSA) is 196 Å². The van der Waals surface area contributed by atoms with Gasteiger partial charge in [-0.2, -0.15) is 0 Å². The summed E-state index contributed by atoms with van der Waals surface area (Å²) in [6.45, 7) is 28.2. The van der Waals surface area contributed by atoms with Crippen molar-refractivity contribution in [2.24, 2.45) is 0 Å². The van der Waals surface area contributed by atoms with E-state index in [1.807, 2.05) is 109 Å². The molecule has 0 spiro atoms. The average Bonchev–Trinajstić information content (AvgIpc) is 0.824. The van der Waals surface area contributed by atoms with Crippen LogP contribution in [0.4, 0.5) is 18.4 Å². The predicted octanol–water partition coefficient (Wildman–Crippen LogP) is 18.3. The highest BCUT2D eigenvalue weighted by Gasteiger charge is 2.39. The lowest BCUT2D eigenvalue weighted by molar-refractivity contribution is -0.172. The zero-order valence-corrected chi connectivity index (χ0v) is 51.0. The molecule has 0 aliphatic rings. The molecule has 0 saturated carbocycles. The Hall–Kier alpha value is -6.88. The fraction of sp³-hybridized carbons (Fsp3) is 0.531. The normalized spacial score (nSPS) is 15.6. The van der Waals surface area contributed by atoms with Crippen molar-refractivity contribution >= 4 is 36.1 Å². The molecule has 0 saturated heterocycles. The van der Waals surface area contributed by atoms with Crippen LogP contribution in [0.15, 0.2) is 109 Å². The number of likely N-dealkylation sites (N-methyl/N-ethyl adjacent to an activating group) is 2. The molecule has 0 aromatic heterocycles. The van der Waals surface area contributed by atoms with Gasteiger partial charge in [0.2, 0.25) is 6.10 Å². The molecule has 0 radical (unpaired) electrons. The molecule has 0 unspecified atom stereocenters. The Bertz CT molecular complexity index is 2720. The van der Waals surface area contributed by atoms with E-state index in [-0.39, 0.29) is 51.2 Å². The number of carbonyl (C=O) groups excluding carboxylic acids is 5. The van der Waals surface area contributed by atoms with Crippen LogP contribution in [0, 0.1) is 0 Å². The molecule has 4 atom stereocenters. The molecule has 17 heteroatoms. The van der Waals surface area contributed by atoms with Crippen LogP contribution in [0.2, 0.25) is 0 Å². The lowest BCUT2D eigenvalue weighted by atomic mass is 9.86. The van der Waals surface area contributed by atoms with Crippen LogP contribution in [0.3, 0.4) is 0 Å². The minimum atomic E-state index is -1.81. The maximum atomic E-state index is 14.8. The number of carbonyl (C=O) groups is 6. The summed E-state index contributed by atoms with van der Waals surface area (Å²) in [6, 6.07) is 31.7. The largest absolute Gasteiger partial charge is 0.480 e. The maximum absolute atomic E-state index is 14.8. The molecular weight excluding hydrogens is 1040 g/mol. The van der Waals surface area contributed by atoms with Crippen LogP contribution >= 0.6 is 0 Å². The highest BCUT2D eigenvalue weighted by atomic mass is 19.1. The monoisotopic (exact) mass is 1220 g/mol. The molecule has 494 valence electrons. The second-order valence-corrected chi connectivity index (χ2v) is 25.3. The van der Waals surface area contributed by atoms with Crippen molar-refractivity contribution in [3.63, 3.8) is 0 Å². The first-order valence-electron chi connectivity index (χ1n) is 49.1. The first-order valence-corrected chi connectivity index (χ1v) is 27.1. The van der Waals surface area contributed by atoms with E-state index < -0.39 is 82.9 Å². The van der Waals surface area contributed by atoms with E-state index in [9.17, 15) is 42.7 Å². The number of carboxylic acids is 1. The van der Waals surface area contributed by atoms with Crippen LogP contribution in [0.1, 0.15) is 224 Å². The van der Waals surface area contributed by atoms with Gasteiger partial charge in [-0.25, -0.2) is 37.5 Å². The van der Waals surface area contributed by atoms with E-state index in [0.29, 0.717) is 0 Å². The van der Waals surface area contributed by atoms with Gasteiger partial charge in [0.05, 0.1) is 0 Å². The van der Waals surface area contributed by atoms with Crippen LogP contribution in [0.25, 0.3) is 0 Å². The Morgan fingerprint density at radius 3 is 1.19 bits per heavy atom. The molecule has 4 aromatic rings. The van der Waals surface area contributed by atoms with Gasteiger partial charge in [0.15, 0.2) is 6.10 Å². The predicted molar refractivity (Wildman–Crippen MR) is 357 cm³/mol.